The number of carbonyl (C=O) groups is 1. The molecule has 3 heterocycles. The molecule has 1 amide bonds. The summed E-state index contributed by atoms with van der Waals surface area (Å²) in [6.07, 6.45) is 10.3. The van der Waals surface area contributed by atoms with Crippen LogP contribution in [0, 0.1) is 0 Å². The van der Waals surface area contributed by atoms with Gasteiger partial charge in [-0.25, -0.2) is 0 Å². The molecular formula is C22H25N3O2. The highest BCUT2D eigenvalue weighted by Gasteiger charge is 2.25. The predicted octanol–water partition coefficient (Wildman–Crippen LogP) is 3.64. The Labute approximate surface area is 160 Å². The molecule has 4 rings (SSSR count). The van der Waals surface area contributed by atoms with Crippen molar-refractivity contribution < 1.29 is 9.53 Å². The normalized spacial score (nSPS) is 19.2. The van der Waals surface area contributed by atoms with Crippen molar-refractivity contribution in [3.05, 3.63) is 54.5 Å². The molecule has 140 valence electrons. The van der Waals surface area contributed by atoms with Crippen molar-refractivity contribution in [3.8, 4) is 16.9 Å². The van der Waals surface area contributed by atoms with Gasteiger partial charge >= 0.3 is 0 Å². The van der Waals surface area contributed by atoms with E-state index < -0.39 is 0 Å². The molecule has 2 aromatic rings. The summed E-state index contributed by atoms with van der Waals surface area (Å²) in [7, 11) is 1.84. The third-order valence-corrected chi connectivity index (χ3v) is 5.44. The topological polar surface area (TPSA) is 45.7 Å². The average molecular weight is 363 g/mol. The number of hydrogen-bond donors (Lipinski definition) is 0. The van der Waals surface area contributed by atoms with Crippen LogP contribution in [-0.4, -0.2) is 42.0 Å². The van der Waals surface area contributed by atoms with E-state index in [1.807, 2.05) is 32.3 Å². The zero-order valence-electron chi connectivity index (χ0n) is 15.9. The molecule has 5 nitrogen and oxygen atoms in total. The second-order valence-corrected chi connectivity index (χ2v) is 7.18. The molecule has 0 unspecified atom stereocenters. The Morgan fingerprint density at radius 3 is 2.89 bits per heavy atom. The fourth-order valence-corrected chi connectivity index (χ4v) is 3.71. The number of rotatable bonds is 5. The third kappa shape index (κ3) is 3.54. The van der Waals surface area contributed by atoms with Crippen LogP contribution >= 0.6 is 0 Å². The number of hydrogen-bond acceptors (Lipinski definition) is 4. The lowest BCUT2D eigenvalue weighted by molar-refractivity contribution is -0.118. The minimum Gasteiger partial charge on any atom is -0.490 e. The second kappa shape index (κ2) is 7.43. The molecule has 0 radical (unpaired) electrons. The summed E-state index contributed by atoms with van der Waals surface area (Å²) in [5.74, 6) is 0.972. The Hall–Kier alpha value is -2.82. The van der Waals surface area contributed by atoms with Crippen molar-refractivity contribution in [2.24, 2.45) is 0 Å². The Bertz CT molecular complexity index is 878. The third-order valence-electron chi connectivity index (χ3n) is 5.44. The number of aromatic nitrogens is 1. The van der Waals surface area contributed by atoms with Gasteiger partial charge in [0.15, 0.2) is 0 Å². The van der Waals surface area contributed by atoms with E-state index in [0.29, 0.717) is 19.1 Å². The summed E-state index contributed by atoms with van der Waals surface area (Å²) in [5.41, 5.74) is 4.35. The predicted molar refractivity (Wildman–Crippen MR) is 107 cm³/mol. The van der Waals surface area contributed by atoms with Gasteiger partial charge in [0.1, 0.15) is 12.4 Å². The summed E-state index contributed by atoms with van der Waals surface area (Å²) in [6.45, 7) is 3.81. The quantitative estimate of drug-likeness (QED) is 0.814. The van der Waals surface area contributed by atoms with Gasteiger partial charge in [-0.15, -0.1) is 0 Å². The SMILES string of the molecule is CC=CN1CC[C@H]1COc1cncc(-c2ccc3c(c2)CCC(=O)N3C)c1. The van der Waals surface area contributed by atoms with Gasteiger partial charge in [-0.1, -0.05) is 12.1 Å². The lowest BCUT2D eigenvalue weighted by Gasteiger charge is -2.39. The molecule has 0 aliphatic carbocycles. The minimum atomic E-state index is 0.176. The maximum atomic E-state index is 11.9. The number of fused-ring (bicyclic) bond motifs is 1. The summed E-state index contributed by atoms with van der Waals surface area (Å²) < 4.78 is 6.00. The fourth-order valence-electron chi connectivity index (χ4n) is 3.71. The van der Waals surface area contributed by atoms with Crippen LogP contribution in [0.2, 0.25) is 0 Å². The zero-order valence-corrected chi connectivity index (χ0v) is 15.9. The van der Waals surface area contributed by atoms with Crippen LogP contribution in [-0.2, 0) is 11.2 Å². The van der Waals surface area contributed by atoms with Crippen LogP contribution in [0.1, 0.15) is 25.3 Å². The first-order valence-corrected chi connectivity index (χ1v) is 9.52. The lowest BCUT2D eigenvalue weighted by Crippen LogP contribution is -2.47. The standard InChI is InChI=1S/C22H25N3O2/c1-3-9-25-10-8-19(25)15-27-20-12-18(13-23-14-20)16-4-6-21-17(11-16)5-7-22(26)24(21)2/h3-4,6,9,11-14,19H,5,7-8,10,15H2,1-2H3/t19-/m0/s1. The van der Waals surface area contributed by atoms with Gasteiger partial charge in [0, 0.05) is 37.5 Å². The van der Waals surface area contributed by atoms with Crippen molar-refractivity contribution in [1.29, 1.82) is 0 Å². The van der Waals surface area contributed by atoms with Crippen LogP contribution in [0.4, 0.5) is 5.69 Å². The first kappa shape index (κ1) is 17.6. The highest BCUT2D eigenvalue weighted by Crippen LogP contribution is 2.32. The van der Waals surface area contributed by atoms with E-state index in [0.717, 1.165) is 42.0 Å². The smallest absolute Gasteiger partial charge is 0.227 e. The molecule has 27 heavy (non-hydrogen) atoms. The molecule has 1 saturated heterocycles. The van der Waals surface area contributed by atoms with Gasteiger partial charge in [-0.2, -0.15) is 0 Å². The molecular weight excluding hydrogens is 338 g/mol. The Morgan fingerprint density at radius 1 is 1.22 bits per heavy atom. The van der Waals surface area contributed by atoms with Crippen LogP contribution in [0.25, 0.3) is 11.1 Å². The number of benzene rings is 1. The number of likely N-dealkylation sites (tertiary alicyclic amines) is 1. The molecule has 0 saturated carbocycles. The molecule has 1 fully saturated rings. The van der Waals surface area contributed by atoms with E-state index in [9.17, 15) is 4.79 Å². The lowest BCUT2D eigenvalue weighted by atomic mass is 9.97. The van der Waals surface area contributed by atoms with E-state index in [4.69, 9.17) is 4.74 Å². The fraction of sp³-hybridized carbons (Fsp3) is 0.364. The van der Waals surface area contributed by atoms with Crippen molar-refractivity contribution in [3.63, 3.8) is 0 Å². The maximum absolute atomic E-state index is 11.9. The Kier molecular flexibility index (Phi) is 4.84. The molecule has 2 aliphatic heterocycles. The first-order valence-electron chi connectivity index (χ1n) is 9.52. The zero-order chi connectivity index (χ0) is 18.8. The summed E-state index contributed by atoms with van der Waals surface area (Å²) in [5, 5.41) is 0. The molecule has 1 aromatic heterocycles. The van der Waals surface area contributed by atoms with E-state index in [1.165, 1.54) is 5.56 Å². The summed E-state index contributed by atoms with van der Waals surface area (Å²) in [4.78, 5) is 20.3. The number of carbonyl (C=O) groups excluding carboxylic acids is 1. The van der Waals surface area contributed by atoms with E-state index in [2.05, 4.69) is 34.3 Å². The number of aryl methyl sites for hydroxylation is 1. The van der Waals surface area contributed by atoms with Crippen molar-refractivity contribution in [2.75, 3.05) is 25.1 Å². The van der Waals surface area contributed by atoms with Gasteiger partial charge in [0.25, 0.3) is 0 Å². The molecule has 2 aliphatic rings. The first-order chi connectivity index (χ1) is 13.2. The van der Waals surface area contributed by atoms with Crippen molar-refractivity contribution >= 4 is 11.6 Å². The van der Waals surface area contributed by atoms with Crippen LogP contribution in [0.3, 0.4) is 0 Å². The van der Waals surface area contributed by atoms with Gasteiger partial charge in [-0.05, 0) is 55.3 Å². The summed E-state index contributed by atoms with van der Waals surface area (Å²) >= 11 is 0. The van der Waals surface area contributed by atoms with Crippen molar-refractivity contribution in [2.45, 2.75) is 32.2 Å². The number of allylic oxidation sites excluding steroid dienone is 1. The van der Waals surface area contributed by atoms with E-state index >= 15 is 0 Å². The molecule has 5 heteroatoms. The molecule has 0 N–H and O–H groups in total. The van der Waals surface area contributed by atoms with Crippen LogP contribution < -0.4 is 9.64 Å². The number of amides is 1. The van der Waals surface area contributed by atoms with Gasteiger partial charge in [0.05, 0.1) is 12.2 Å². The maximum Gasteiger partial charge on any atom is 0.227 e. The molecule has 0 bridgehead atoms. The van der Waals surface area contributed by atoms with Crippen LogP contribution in [0.5, 0.6) is 5.75 Å². The van der Waals surface area contributed by atoms with E-state index in [1.54, 1.807) is 11.1 Å². The van der Waals surface area contributed by atoms with Gasteiger partial charge in [0.2, 0.25) is 5.91 Å². The van der Waals surface area contributed by atoms with Gasteiger partial charge < -0.3 is 14.5 Å². The minimum absolute atomic E-state index is 0.176. The summed E-state index contributed by atoms with van der Waals surface area (Å²) in [6, 6.07) is 8.73. The second-order valence-electron chi connectivity index (χ2n) is 7.18. The molecule has 0 spiro atoms. The Balaban J connectivity index is 1.49. The number of nitrogens with zero attached hydrogens (tertiary/aromatic N) is 3. The molecule has 1 aromatic carbocycles. The largest absolute Gasteiger partial charge is 0.490 e. The highest BCUT2D eigenvalue weighted by atomic mass is 16.5. The average Bonchev–Trinajstić information content (AvgIpc) is 2.68. The van der Waals surface area contributed by atoms with Crippen molar-refractivity contribution in [1.82, 2.24) is 9.88 Å². The number of anilines is 1. The highest BCUT2D eigenvalue weighted by molar-refractivity contribution is 5.96. The monoisotopic (exact) mass is 363 g/mol. The van der Waals surface area contributed by atoms with Gasteiger partial charge in [-0.3, -0.25) is 9.78 Å². The van der Waals surface area contributed by atoms with Crippen LogP contribution in [0.15, 0.2) is 48.9 Å². The number of ether oxygens (including phenoxy) is 1. The molecule has 1 atom stereocenters. The Morgan fingerprint density at radius 2 is 2.11 bits per heavy atom. The number of pyridine rings is 1. The van der Waals surface area contributed by atoms with E-state index in [-0.39, 0.29) is 5.91 Å².